The third kappa shape index (κ3) is 3.87. The molecule has 0 radical (unpaired) electrons. The average Bonchev–Trinajstić information content (AvgIpc) is 2.40. The fraction of sp³-hybridized carbons (Fsp3) is 0.625. The Hall–Kier alpha value is -1.22. The van der Waals surface area contributed by atoms with Crippen molar-refractivity contribution in [3.05, 3.63) is 23.8 Å². The van der Waals surface area contributed by atoms with Crippen molar-refractivity contribution >= 4 is 0 Å². The largest absolute Gasteiger partial charge is 0.507 e. The molecule has 0 bridgehead atoms. The smallest absolute Gasteiger partial charge is 0.124 e. The quantitative estimate of drug-likeness (QED) is 0.759. The second kappa shape index (κ2) is 6.80. The molecule has 0 aromatic heterocycles. The van der Waals surface area contributed by atoms with Gasteiger partial charge in [-0.3, -0.25) is 0 Å². The van der Waals surface area contributed by atoms with Crippen molar-refractivity contribution in [2.45, 2.75) is 51.5 Å². The lowest BCUT2D eigenvalue weighted by atomic mass is 9.87. The summed E-state index contributed by atoms with van der Waals surface area (Å²) in [6.45, 7) is 2.93. The van der Waals surface area contributed by atoms with Gasteiger partial charge in [0.15, 0.2) is 0 Å². The SMILES string of the molecule is CC(NCCC1CCCCC1)c1c(O)cccc1O. The molecule has 3 heteroatoms. The third-order valence-corrected chi connectivity index (χ3v) is 4.22. The lowest BCUT2D eigenvalue weighted by Gasteiger charge is -2.23. The predicted octanol–water partition coefficient (Wildman–Crippen LogP) is 3.72. The van der Waals surface area contributed by atoms with E-state index in [-0.39, 0.29) is 17.5 Å². The van der Waals surface area contributed by atoms with E-state index < -0.39 is 0 Å². The lowest BCUT2D eigenvalue weighted by Crippen LogP contribution is -2.22. The maximum atomic E-state index is 9.81. The summed E-state index contributed by atoms with van der Waals surface area (Å²) in [5.41, 5.74) is 0.603. The molecule has 1 aromatic carbocycles. The van der Waals surface area contributed by atoms with Crippen molar-refractivity contribution in [2.24, 2.45) is 5.92 Å². The molecule has 0 spiro atoms. The normalized spacial score (nSPS) is 18.4. The molecule has 1 atom stereocenters. The highest BCUT2D eigenvalue weighted by Gasteiger charge is 2.16. The van der Waals surface area contributed by atoms with E-state index >= 15 is 0 Å². The molecule has 0 heterocycles. The molecule has 1 aliphatic carbocycles. The zero-order valence-electron chi connectivity index (χ0n) is 11.7. The maximum Gasteiger partial charge on any atom is 0.124 e. The van der Waals surface area contributed by atoms with Crippen molar-refractivity contribution in [2.75, 3.05) is 6.54 Å². The Labute approximate surface area is 115 Å². The van der Waals surface area contributed by atoms with Crippen LogP contribution in [0.5, 0.6) is 11.5 Å². The van der Waals surface area contributed by atoms with E-state index in [2.05, 4.69) is 5.32 Å². The van der Waals surface area contributed by atoms with Crippen molar-refractivity contribution < 1.29 is 10.2 Å². The Morgan fingerprint density at radius 1 is 1.16 bits per heavy atom. The van der Waals surface area contributed by atoms with Gasteiger partial charge in [0.1, 0.15) is 11.5 Å². The summed E-state index contributed by atoms with van der Waals surface area (Å²) in [6.07, 6.45) is 8.06. The predicted molar refractivity (Wildman–Crippen MR) is 77.4 cm³/mol. The van der Waals surface area contributed by atoms with Gasteiger partial charge >= 0.3 is 0 Å². The standard InChI is InChI=1S/C16H25NO2/c1-12(16-14(18)8-5-9-15(16)19)17-11-10-13-6-3-2-4-7-13/h5,8-9,12-13,17-19H,2-4,6-7,10-11H2,1H3. The van der Waals surface area contributed by atoms with Gasteiger partial charge in [-0.1, -0.05) is 38.2 Å². The Balaban J connectivity index is 1.82. The molecule has 2 rings (SSSR count). The van der Waals surface area contributed by atoms with E-state index in [0.29, 0.717) is 5.56 Å². The molecule has 1 aromatic rings. The zero-order chi connectivity index (χ0) is 13.7. The van der Waals surface area contributed by atoms with E-state index in [4.69, 9.17) is 0 Å². The van der Waals surface area contributed by atoms with Gasteiger partial charge in [-0.05, 0) is 37.9 Å². The first-order valence-corrected chi connectivity index (χ1v) is 7.42. The molecule has 0 saturated heterocycles. The fourth-order valence-electron chi connectivity index (χ4n) is 3.07. The first-order valence-electron chi connectivity index (χ1n) is 7.42. The summed E-state index contributed by atoms with van der Waals surface area (Å²) in [4.78, 5) is 0. The van der Waals surface area contributed by atoms with Gasteiger partial charge in [0.2, 0.25) is 0 Å². The van der Waals surface area contributed by atoms with Crippen LogP contribution in [0.1, 0.15) is 57.1 Å². The van der Waals surface area contributed by atoms with Gasteiger partial charge in [-0.2, -0.15) is 0 Å². The Kier molecular flexibility index (Phi) is 5.08. The van der Waals surface area contributed by atoms with Crippen molar-refractivity contribution in [3.63, 3.8) is 0 Å². The number of benzene rings is 1. The Bertz CT molecular complexity index is 379. The summed E-state index contributed by atoms with van der Waals surface area (Å²) < 4.78 is 0. The first-order chi connectivity index (χ1) is 9.18. The minimum atomic E-state index is -0.0233. The van der Waals surface area contributed by atoms with Crippen LogP contribution >= 0.6 is 0 Å². The molecule has 3 nitrogen and oxygen atoms in total. The molecule has 1 unspecified atom stereocenters. The van der Waals surface area contributed by atoms with Crippen molar-refractivity contribution in [1.29, 1.82) is 0 Å². The van der Waals surface area contributed by atoms with E-state index in [1.54, 1.807) is 18.2 Å². The van der Waals surface area contributed by atoms with Crippen LogP contribution in [0.25, 0.3) is 0 Å². The van der Waals surface area contributed by atoms with Gasteiger partial charge in [-0.25, -0.2) is 0 Å². The summed E-state index contributed by atoms with van der Waals surface area (Å²) >= 11 is 0. The van der Waals surface area contributed by atoms with Crippen LogP contribution in [0.15, 0.2) is 18.2 Å². The molecule has 1 aliphatic rings. The highest BCUT2D eigenvalue weighted by Crippen LogP contribution is 2.32. The molecule has 106 valence electrons. The molecule has 1 saturated carbocycles. The van der Waals surface area contributed by atoms with Gasteiger partial charge in [0, 0.05) is 6.04 Å². The van der Waals surface area contributed by atoms with Gasteiger partial charge in [0.05, 0.1) is 5.56 Å². The molecular weight excluding hydrogens is 238 g/mol. The van der Waals surface area contributed by atoms with E-state index in [1.165, 1.54) is 38.5 Å². The topological polar surface area (TPSA) is 52.5 Å². The van der Waals surface area contributed by atoms with E-state index in [0.717, 1.165) is 12.5 Å². The Morgan fingerprint density at radius 2 is 1.79 bits per heavy atom. The van der Waals surface area contributed by atoms with Crippen LogP contribution in [-0.2, 0) is 0 Å². The van der Waals surface area contributed by atoms with Crippen LogP contribution in [0, 0.1) is 5.92 Å². The second-order valence-corrected chi connectivity index (χ2v) is 5.68. The van der Waals surface area contributed by atoms with E-state index in [1.807, 2.05) is 6.92 Å². The van der Waals surface area contributed by atoms with Gasteiger partial charge in [0.25, 0.3) is 0 Å². The van der Waals surface area contributed by atoms with Crippen LogP contribution in [0.4, 0.5) is 0 Å². The first kappa shape index (κ1) is 14.2. The fourth-order valence-corrected chi connectivity index (χ4v) is 3.07. The van der Waals surface area contributed by atoms with Crippen LogP contribution in [0.2, 0.25) is 0 Å². The zero-order valence-corrected chi connectivity index (χ0v) is 11.7. The van der Waals surface area contributed by atoms with Crippen LogP contribution in [0.3, 0.4) is 0 Å². The number of rotatable bonds is 5. The number of phenolic OH excluding ortho intramolecular Hbond substituents is 2. The van der Waals surface area contributed by atoms with Crippen molar-refractivity contribution in [3.8, 4) is 11.5 Å². The number of hydrogen-bond acceptors (Lipinski definition) is 3. The minimum Gasteiger partial charge on any atom is -0.507 e. The molecular formula is C16H25NO2. The maximum absolute atomic E-state index is 9.81. The van der Waals surface area contributed by atoms with E-state index in [9.17, 15) is 10.2 Å². The van der Waals surface area contributed by atoms with Crippen LogP contribution in [-0.4, -0.2) is 16.8 Å². The summed E-state index contributed by atoms with van der Waals surface area (Å²) in [6, 6.07) is 4.87. The third-order valence-electron chi connectivity index (χ3n) is 4.22. The highest BCUT2D eigenvalue weighted by atomic mass is 16.3. The number of nitrogens with one attached hydrogen (secondary N) is 1. The monoisotopic (exact) mass is 263 g/mol. The summed E-state index contributed by atoms with van der Waals surface area (Å²) in [5.74, 6) is 1.18. The van der Waals surface area contributed by atoms with Gasteiger partial charge in [-0.15, -0.1) is 0 Å². The lowest BCUT2D eigenvalue weighted by molar-refractivity contribution is 0.327. The molecule has 1 fully saturated rings. The highest BCUT2D eigenvalue weighted by molar-refractivity contribution is 5.44. The molecule has 0 amide bonds. The number of aromatic hydroxyl groups is 2. The van der Waals surface area contributed by atoms with Crippen molar-refractivity contribution in [1.82, 2.24) is 5.32 Å². The molecule has 3 N–H and O–H groups in total. The summed E-state index contributed by atoms with van der Waals surface area (Å²) in [5, 5.41) is 23.0. The Morgan fingerprint density at radius 3 is 2.42 bits per heavy atom. The summed E-state index contributed by atoms with van der Waals surface area (Å²) in [7, 11) is 0. The number of hydrogen-bond donors (Lipinski definition) is 3. The molecule has 0 aliphatic heterocycles. The molecule has 19 heavy (non-hydrogen) atoms. The number of phenols is 2. The van der Waals surface area contributed by atoms with Crippen LogP contribution < -0.4 is 5.32 Å². The minimum absolute atomic E-state index is 0.0233. The second-order valence-electron chi connectivity index (χ2n) is 5.68. The average molecular weight is 263 g/mol. The van der Waals surface area contributed by atoms with Gasteiger partial charge < -0.3 is 15.5 Å².